The molecule has 0 aliphatic rings. The third-order valence-corrected chi connectivity index (χ3v) is 12.1. The summed E-state index contributed by atoms with van der Waals surface area (Å²) in [7, 11) is 0. The second kappa shape index (κ2) is 12.6. The molecule has 0 radical (unpaired) electrons. The summed E-state index contributed by atoms with van der Waals surface area (Å²) in [6.07, 6.45) is 0. The van der Waals surface area contributed by atoms with Gasteiger partial charge in [0.1, 0.15) is 22.3 Å². The number of furan rings is 2. The molecule has 0 N–H and O–H groups in total. The minimum atomic E-state index is 0.594. The maximum absolute atomic E-state index is 6.53. The van der Waals surface area contributed by atoms with Crippen LogP contribution in [0.2, 0.25) is 0 Å². The summed E-state index contributed by atoms with van der Waals surface area (Å²) in [5.41, 5.74) is 10.8. The normalized spacial score (nSPS) is 11.9. The second-order valence-corrected chi connectivity index (χ2v) is 15.4. The van der Waals surface area contributed by atoms with Gasteiger partial charge in [-0.25, -0.2) is 15.0 Å². The molecule has 0 atom stereocenters. The van der Waals surface area contributed by atoms with Gasteiger partial charge in [0.2, 0.25) is 0 Å². The Hall–Kier alpha value is -7.41. The standard InChI is InChI=1S/C51H29N3O2S/c1-3-11-30(12-4-1)49-52-50(31-13-5-2-6-14-31)54-51(53-49)34-19-22-37-40-25-32(20-23-45(40)56-46(37)29-34)35-27-39(48-42(28-35)38-16-8-10-18-47(38)57-48)33-21-24-44-41(26-33)36-15-7-9-17-43(36)55-44/h1-29H. The first-order valence-electron chi connectivity index (χ1n) is 18.9. The van der Waals surface area contributed by atoms with Crippen LogP contribution in [-0.2, 0) is 0 Å². The molecule has 0 aliphatic heterocycles. The van der Waals surface area contributed by atoms with E-state index in [0.717, 1.165) is 71.7 Å². The minimum absolute atomic E-state index is 0.594. The highest BCUT2D eigenvalue weighted by molar-refractivity contribution is 7.26. The van der Waals surface area contributed by atoms with E-state index in [0.29, 0.717) is 17.5 Å². The van der Waals surface area contributed by atoms with Gasteiger partial charge in [0, 0.05) is 64.0 Å². The van der Waals surface area contributed by atoms with Gasteiger partial charge in [-0.1, -0.05) is 115 Å². The average molecular weight is 748 g/mol. The van der Waals surface area contributed by atoms with Gasteiger partial charge in [-0.05, 0) is 77.4 Å². The monoisotopic (exact) mass is 747 g/mol. The van der Waals surface area contributed by atoms with Crippen LogP contribution in [0.1, 0.15) is 0 Å². The van der Waals surface area contributed by atoms with E-state index in [1.165, 1.54) is 31.3 Å². The molecular weight excluding hydrogens is 719 g/mol. The maximum atomic E-state index is 6.53. The van der Waals surface area contributed by atoms with Gasteiger partial charge >= 0.3 is 0 Å². The Morgan fingerprint density at radius 3 is 1.58 bits per heavy atom. The number of para-hydroxylation sites is 1. The molecule has 0 fully saturated rings. The lowest BCUT2D eigenvalue weighted by Gasteiger charge is -2.10. The summed E-state index contributed by atoms with van der Waals surface area (Å²) >= 11 is 1.85. The van der Waals surface area contributed by atoms with Crippen molar-refractivity contribution in [3.8, 4) is 56.4 Å². The molecular formula is C51H29N3O2S. The van der Waals surface area contributed by atoms with Gasteiger partial charge in [0.05, 0.1) is 0 Å². The van der Waals surface area contributed by atoms with Crippen molar-refractivity contribution in [3.05, 3.63) is 176 Å². The van der Waals surface area contributed by atoms with E-state index in [-0.39, 0.29) is 0 Å². The Bertz CT molecular complexity index is 3470. The smallest absolute Gasteiger partial charge is 0.164 e. The van der Waals surface area contributed by atoms with E-state index in [1.807, 2.05) is 90.2 Å². The molecule has 0 aliphatic carbocycles. The van der Waals surface area contributed by atoms with Gasteiger partial charge in [-0.2, -0.15) is 0 Å². The molecule has 4 heterocycles. The summed E-state index contributed by atoms with van der Waals surface area (Å²) in [6.45, 7) is 0. The van der Waals surface area contributed by atoms with E-state index < -0.39 is 0 Å². The molecule has 0 saturated carbocycles. The predicted octanol–water partition coefficient (Wildman–Crippen LogP) is 14.4. The summed E-state index contributed by atoms with van der Waals surface area (Å²) in [5.74, 6) is 1.85. The predicted molar refractivity (Wildman–Crippen MR) is 234 cm³/mol. The number of fused-ring (bicyclic) bond motifs is 9. The number of thiophene rings is 1. The van der Waals surface area contributed by atoms with Crippen LogP contribution in [0.5, 0.6) is 0 Å². The number of rotatable bonds is 5. The van der Waals surface area contributed by atoms with E-state index in [9.17, 15) is 0 Å². The summed E-state index contributed by atoms with van der Waals surface area (Å²) < 4.78 is 15.3. The maximum Gasteiger partial charge on any atom is 0.164 e. The van der Waals surface area contributed by atoms with Crippen molar-refractivity contribution < 1.29 is 8.83 Å². The Labute approximate surface area is 330 Å². The van der Waals surface area contributed by atoms with Crippen molar-refractivity contribution in [2.45, 2.75) is 0 Å². The van der Waals surface area contributed by atoms with Crippen LogP contribution >= 0.6 is 11.3 Å². The molecule has 0 bridgehead atoms. The highest BCUT2D eigenvalue weighted by atomic mass is 32.1. The zero-order chi connectivity index (χ0) is 37.5. The number of hydrogen-bond donors (Lipinski definition) is 0. The fraction of sp³-hybridized carbons (Fsp3) is 0. The molecule has 5 nitrogen and oxygen atoms in total. The molecule has 0 spiro atoms. The SMILES string of the molecule is c1ccc(-c2nc(-c3ccccc3)nc(-c3ccc4c(c3)oc3ccc(-c5cc(-c6ccc7oc8ccccc8c7c6)c6sc7ccccc7c6c5)cc34)n2)cc1. The molecule has 0 unspecified atom stereocenters. The highest BCUT2D eigenvalue weighted by Gasteiger charge is 2.18. The van der Waals surface area contributed by atoms with Gasteiger partial charge in [0.15, 0.2) is 17.5 Å². The van der Waals surface area contributed by atoms with Crippen LogP contribution < -0.4 is 0 Å². The van der Waals surface area contributed by atoms with Crippen molar-refractivity contribution in [2.24, 2.45) is 0 Å². The Morgan fingerprint density at radius 2 is 0.842 bits per heavy atom. The van der Waals surface area contributed by atoms with Crippen LogP contribution in [0.4, 0.5) is 0 Å². The first kappa shape index (κ1) is 31.9. The third kappa shape index (κ3) is 5.26. The fourth-order valence-electron chi connectivity index (χ4n) is 8.14. The van der Waals surface area contributed by atoms with Crippen LogP contribution in [0.25, 0.3) is 120 Å². The van der Waals surface area contributed by atoms with E-state index in [2.05, 4.69) is 97.1 Å². The van der Waals surface area contributed by atoms with Crippen molar-refractivity contribution in [3.63, 3.8) is 0 Å². The molecule has 6 heteroatoms. The van der Waals surface area contributed by atoms with Crippen LogP contribution in [0.15, 0.2) is 185 Å². The van der Waals surface area contributed by atoms with Crippen molar-refractivity contribution in [2.75, 3.05) is 0 Å². The Morgan fingerprint density at radius 1 is 0.316 bits per heavy atom. The van der Waals surface area contributed by atoms with E-state index in [1.54, 1.807) is 0 Å². The van der Waals surface area contributed by atoms with Crippen molar-refractivity contribution in [1.82, 2.24) is 15.0 Å². The summed E-state index contributed by atoms with van der Waals surface area (Å²) in [4.78, 5) is 14.8. The molecule has 8 aromatic carbocycles. The first-order chi connectivity index (χ1) is 28.2. The Balaban J connectivity index is 1.000. The largest absolute Gasteiger partial charge is 0.456 e. The van der Waals surface area contributed by atoms with Gasteiger partial charge in [-0.15, -0.1) is 11.3 Å². The van der Waals surface area contributed by atoms with Crippen molar-refractivity contribution >= 4 is 75.4 Å². The number of hydrogen-bond acceptors (Lipinski definition) is 6. The molecule has 0 amide bonds. The number of aromatic nitrogens is 3. The molecule has 12 aromatic rings. The molecule has 0 saturated heterocycles. The first-order valence-corrected chi connectivity index (χ1v) is 19.7. The Kier molecular flexibility index (Phi) is 7.03. The molecule has 4 aromatic heterocycles. The van der Waals surface area contributed by atoms with Crippen molar-refractivity contribution in [1.29, 1.82) is 0 Å². The summed E-state index contributed by atoms with van der Waals surface area (Å²) in [6, 6.07) is 61.1. The van der Waals surface area contributed by atoms with Gasteiger partial charge in [0.25, 0.3) is 0 Å². The van der Waals surface area contributed by atoms with E-state index in [4.69, 9.17) is 23.8 Å². The lowest BCUT2D eigenvalue weighted by atomic mass is 9.94. The average Bonchev–Trinajstić information content (AvgIpc) is 3.97. The topological polar surface area (TPSA) is 65.0 Å². The highest BCUT2D eigenvalue weighted by Crippen LogP contribution is 2.45. The minimum Gasteiger partial charge on any atom is -0.456 e. The zero-order valence-corrected chi connectivity index (χ0v) is 31.1. The number of benzene rings is 8. The third-order valence-electron chi connectivity index (χ3n) is 10.9. The van der Waals surface area contributed by atoms with E-state index >= 15 is 0 Å². The number of nitrogens with zero attached hydrogens (tertiary/aromatic N) is 3. The lowest BCUT2D eigenvalue weighted by Crippen LogP contribution is -2.00. The fourth-order valence-corrected chi connectivity index (χ4v) is 9.36. The van der Waals surface area contributed by atoms with Gasteiger partial charge in [-0.3, -0.25) is 0 Å². The van der Waals surface area contributed by atoms with Crippen LogP contribution in [0, 0.1) is 0 Å². The summed E-state index contributed by atoms with van der Waals surface area (Å²) in [5, 5.41) is 6.87. The lowest BCUT2D eigenvalue weighted by molar-refractivity contribution is 0.668. The van der Waals surface area contributed by atoms with Crippen LogP contribution in [0.3, 0.4) is 0 Å². The molecule has 266 valence electrons. The molecule has 12 rings (SSSR count). The zero-order valence-electron chi connectivity index (χ0n) is 30.3. The van der Waals surface area contributed by atoms with Crippen LogP contribution in [-0.4, -0.2) is 15.0 Å². The second-order valence-electron chi connectivity index (χ2n) is 14.4. The molecule has 57 heavy (non-hydrogen) atoms. The van der Waals surface area contributed by atoms with Gasteiger partial charge < -0.3 is 8.83 Å². The quantitative estimate of drug-likeness (QED) is 0.175.